The number of methoxy groups -OCH3 is 1. The summed E-state index contributed by atoms with van der Waals surface area (Å²) in [7, 11) is 1.71. The molecule has 30 heavy (non-hydrogen) atoms. The third kappa shape index (κ3) is 3.35. The van der Waals surface area contributed by atoms with E-state index in [9.17, 15) is 5.11 Å². The van der Waals surface area contributed by atoms with Crippen molar-refractivity contribution < 1.29 is 9.84 Å². The van der Waals surface area contributed by atoms with E-state index in [1.807, 2.05) is 4.68 Å². The first-order chi connectivity index (χ1) is 14.4. The average molecular weight is 415 g/mol. The highest BCUT2D eigenvalue weighted by molar-refractivity contribution is 5.15. The number of fused-ring (bicyclic) bond motifs is 5. The molecular formula is C24H38N4O2. The maximum absolute atomic E-state index is 10.9. The molecule has 8 atom stereocenters. The van der Waals surface area contributed by atoms with Gasteiger partial charge in [-0.15, -0.1) is 5.10 Å². The first kappa shape index (κ1) is 20.6. The molecule has 0 spiro atoms. The molecule has 4 saturated carbocycles. The molecule has 0 aromatic carbocycles. The standard InChI is InChI=1S/C24H38N4O2/c1-16(13-28-15-25-26-27-28)21-6-7-22-20-5-4-17-12-24(29,14-30-3)11-9-18(17)19(20)8-10-23(21,22)2/h15,17-22,29H,1,4-14H2,2-3H3/t17-,18-,19+,20+,21+,22-,23+,24+/m0/s1. The third-order valence-electron chi connectivity index (χ3n) is 9.77. The maximum atomic E-state index is 10.9. The number of aromatic nitrogens is 4. The van der Waals surface area contributed by atoms with Crippen molar-refractivity contribution in [3.05, 3.63) is 18.5 Å². The Morgan fingerprint density at radius 1 is 1.13 bits per heavy atom. The summed E-state index contributed by atoms with van der Waals surface area (Å²) < 4.78 is 7.16. The molecular weight excluding hydrogens is 376 g/mol. The van der Waals surface area contributed by atoms with Crippen molar-refractivity contribution in [1.82, 2.24) is 20.2 Å². The Hall–Kier alpha value is -1.27. The fraction of sp³-hybridized carbons (Fsp3) is 0.875. The Kier molecular flexibility index (Phi) is 5.29. The van der Waals surface area contributed by atoms with Gasteiger partial charge in [0, 0.05) is 7.11 Å². The van der Waals surface area contributed by atoms with Crippen molar-refractivity contribution in [3.8, 4) is 0 Å². The van der Waals surface area contributed by atoms with E-state index >= 15 is 0 Å². The summed E-state index contributed by atoms with van der Waals surface area (Å²) in [5.74, 6) is 4.64. The molecule has 6 heteroatoms. The summed E-state index contributed by atoms with van der Waals surface area (Å²) in [5, 5.41) is 22.6. The number of nitrogens with zero attached hydrogens (tertiary/aromatic N) is 4. The molecule has 0 radical (unpaired) electrons. The van der Waals surface area contributed by atoms with Crippen LogP contribution in [0.1, 0.15) is 64.7 Å². The van der Waals surface area contributed by atoms with Crippen LogP contribution >= 0.6 is 0 Å². The van der Waals surface area contributed by atoms with E-state index in [-0.39, 0.29) is 0 Å². The van der Waals surface area contributed by atoms with Gasteiger partial charge in [0.25, 0.3) is 0 Å². The Balaban J connectivity index is 1.29. The molecule has 4 fully saturated rings. The van der Waals surface area contributed by atoms with Gasteiger partial charge in [-0.3, -0.25) is 0 Å². The maximum Gasteiger partial charge on any atom is 0.138 e. The van der Waals surface area contributed by atoms with Crippen LogP contribution in [0.2, 0.25) is 0 Å². The molecule has 6 nitrogen and oxygen atoms in total. The summed E-state index contributed by atoms with van der Waals surface area (Å²) in [6.07, 6.45) is 12.7. The van der Waals surface area contributed by atoms with E-state index in [0.29, 0.717) is 23.9 Å². The van der Waals surface area contributed by atoms with Crippen LogP contribution in [-0.2, 0) is 11.3 Å². The molecule has 0 aliphatic heterocycles. The van der Waals surface area contributed by atoms with Gasteiger partial charge in [0.15, 0.2) is 0 Å². The minimum Gasteiger partial charge on any atom is -0.387 e. The minimum atomic E-state index is -0.585. The highest BCUT2D eigenvalue weighted by atomic mass is 16.5. The highest BCUT2D eigenvalue weighted by Gasteiger charge is 2.58. The highest BCUT2D eigenvalue weighted by Crippen LogP contribution is 2.65. The molecule has 0 amide bonds. The minimum absolute atomic E-state index is 0.380. The second kappa shape index (κ2) is 7.70. The fourth-order valence-electron chi connectivity index (χ4n) is 8.60. The molecule has 1 N–H and O–H groups in total. The van der Waals surface area contributed by atoms with E-state index < -0.39 is 5.60 Å². The molecule has 0 unspecified atom stereocenters. The van der Waals surface area contributed by atoms with Gasteiger partial charge >= 0.3 is 0 Å². The van der Waals surface area contributed by atoms with Crippen molar-refractivity contribution in [2.24, 2.45) is 40.9 Å². The average Bonchev–Trinajstić information content (AvgIpc) is 3.34. The number of allylic oxidation sites excluding steroid dienone is 1. The van der Waals surface area contributed by atoms with E-state index in [0.717, 1.165) is 43.1 Å². The van der Waals surface area contributed by atoms with E-state index in [2.05, 4.69) is 29.0 Å². The lowest BCUT2D eigenvalue weighted by Crippen LogP contribution is -2.52. The van der Waals surface area contributed by atoms with Crippen molar-refractivity contribution >= 4 is 0 Å². The first-order valence-electron chi connectivity index (χ1n) is 12.0. The molecule has 166 valence electrons. The molecule has 4 aliphatic carbocycles. The SMILES string of the molecule is C=C(Cn1cnnn1)[C@H]1CC[C@H]2[C@@H]3CC[C@H]4C[C@@](O)(COC)CC[C@@H]4[C@H]3CC[C@]12C. The molecule has 0 bridgehead atoms. The lowest BCUT2D eigenvalue weighted by molar-refractivity contribution is -0.123. The van der Waals surface area contributed by atoms with Crippen LogP contribution in [0.3, 0.4) is 0 Å². The molecule has 4 aliphatic rings. The van der Waals surface area contributed by atoms with E-state index in [1.54, 1.807) is 13.4 Å². The van der Waals surface area contributed by atoms with Crippen LogP contribution in [-0.4, -0.2) is 44.6 Å². The second-order valence-electron chi connectivity index (χ2n) is 11.2. The molecule has 5 rings (SSSR count). The lowest BCUT2D eigenvalue weighted by atomic mass is 9.48. The molecule has 1 aromatic heterocycles. The van der Waals surface area contributed by atoms with E-state index in [1.165, 1.54) is 50.5 Å². The Bertz CT molecular complexity index is 767. The summed E-state index contributed by atoms with van der Waals surface area (Å²) in [6, 6.07) is 0. The van der Waals surface area contributed by atoms with Crippen molar-refractivity contribution in [2.45, 2.75) is 76.9 Å². The topological polar surface area (TPSA) is 73.1 Å². The number of tetrazole rings is 1. The molecule has 1 heterocycles. The predicted molar refractivity (Wildman–Crippen MR) is 114 cm³/mol. The number of rotatable bonds is 5. The monoisotopic (exact) mass is 414 g/mol. The van der Waals surface area contributed by atoms with Gasteiger partial charge in [-0.05, 0) is 109 Å². The summed E-state index contributed by atoms with van der Waals surface area (Å²) in [6.45, 7) is 8.29. The Morgan fingerprint density at radius 2 is 1.97 bits per heavy atom. The zero-order valence-corrected chi connectivity index (χ0v) is 18.7. The number of ether oxygens (including phenoxy) is 1. The summed E-state index contributed by atoms with van der Waals surface area (Å²) in [5.41, 5.74) is 1.10. The van der Waals surface area contributed by atoms with Crippen LogP contribution in [0.15, 0.2) is 18.5 Å². The van der Waals surface area contributed by atoms with Gasteiger partial charge in [-0.2, -0.15) is 0 Å². The normalized spacial score (nSPS) is 45.4. The van der Waals surface area contributed by atoms with Gasteiger partial charge in [-0.25, -0.2) is 4.68 Å². The summed E-state index contributed by atoms with van der Waals surface area (Å²) >= 11 is 0. The van der Waals surface area contributed by atoms with Gasteiger partial charge in [0.05, 0.1) is 18.8 Å². The van der Waals surface area contributed by atoms with Gasteiger partial charge < -0.3 is 9.84 Å². The third-order valence-corrected chi connectivity index (χ3v) is 9.77. The second-order valence-corrected chi connectivity index (χ2v) is 11.2. The zero-order valence-electron chi connectivity index (χ0n) is 18.7. The number of aliphatic hydroxyl groups is 1. The molecule has 0 saturated heterocycles. The predicted octanol–water partition coefficient (Wildman–Crippen LogP) is 3.88. The van der Waals surface area contributed by atoms with Crippen LogP contribution < -0.4 is 0 Å². The lowest BCUT2D eigenvalue weighted by Gasteiger charge is -2.57. The largest absolute Gasteiger partial charge is 0.387 e. The van der Waals surface area contributed by atoms with Gasteiger partial charge in [-0.1, -0.05) is 19.1 Å². The quantitative estimate of drug-likeness (QED) is 0.741. The van der Waals surface area contributed by atoms with Crippen molar-refractivity contribution in [3.63, 3.8) is 0 Å². The van der Waals surface area contributed by atoms with Crippen molar-refractivity contribution in [1.29, 1.82) is 0 Å². The van der Waals surface area contributed by atoms with Crippen LogP contribution in [0.25, 0.3) is 0 Å². The Morgan fingerprint density at radius 3 is 2.73 bits per heavy atom. The van der Waals surface area contributed by atoms with Crippen molar-refractivity contribution in [2.75, 3.05) is 13.7 Å². The zero-order chi connectivity index (χ0) is 20.9. The van der Waals surface area contributed by atoms with E-state index in [4.69, 9.17) is 4.74 Å². The van der Waals surface area contributed by atoms with Crippen LogP contribution in [0.4, 0.5) is 0 Å². The molecule has 1 aromatic rings. The smallest absolute Gasteiger partial charge is 0.138 e. The van der Waals surface area contributed by atoms with Gasteiger partial charge in [0.2, 0.25) is 0 Å². The first-order valence-corrected chi connectivity index (χ1v) is 12.0. The van der Waals surface area contributed by atoms with Gasteiger partial charge in [0.1, 0.15) is 6.33 Å². The number of hydrogen-bond acceptors (Lipinski definition) is 5. The summed E-state index contributed by atoms with van der Waals surface area (Å²) in [4.78, 5) is 0. The van der Waals surface area contributed by atoms with Crippen LogP contribution in [0, 0.1) is 40.9 Å². The number of hydrogen-bond donors (Lipinski definition) is 1. The Labute approximate surface area is 180 Å². The fourth-order valence-corrected chi connectivity index (χ4v) is 8.60. The van der Waals surface area contributed by atoms with Crippen LogP contribution in [0.5, 0.6) is 0 Å².